The highest BCUT2D eigenvalue weighted by molar-refractivity contribution is 8.18. The quantitative estimate of drug-likeness (QED) is 0.480. The second-order valence-corrected chi connectivity index (χ2v) is 7.40. The number of ether oxygens (including phenoxy) is 2. The average Bonchev–Trinajstić information content (AvgIpc) is 3.32. The van der Waals surface area contributed by atoms with Crippen LogP contribution in [0.4, 0.5) is 4.79 Å². The summed E-state index contributed by atoms with van der Waals surface area (Å²) in [6.45, 7) is 3.30. The monoisotopic (exact) mass is 445 g/mol. The Morgan fingerprint density at radius 1 is 1.19 bits per heavy atom. The zero-order chi connectivity index (χ0) is 22.5. The molecule has 1 saturated heterocycles. The molecule has 2 aromatic rings. The van der Waals surface area contributed by atoms with Crippen molar-refractivity contribution in [3.8, 4) is 5.75 Å². The molecule has 1 atom stereocenters. The van der Waals surface area contributed by atoms with Gasteiger partial charge in [0.15, 0.2) is 0 Å². The summed E-state index contributed by atoms with van der Waals surface area (Å²) >= 11 is 0.756. The molecule has 0 aliphatic carbocycles. The van der Waals surface area contributed by atoms with E-state index >= 15 is 0 Å². The Hall–Kier alpha value is -3.53. The number of carboxylic acids is 1. The lowest BCUT2D eigenvalue weighted by Crippen LogP contribution is -2.42. The van der Waals surface area contributed by atoms with Gasteiger partial charge in [0, 0.05) is 0 Å². The van der Waals surface area contributed by atoms with E-state index in [-0.39, 0.29) is 23.9 Å². The number of hydrogen-bond acceptors (Lipinski definition) is 8. The molecular formula is C21H19NO8S. The molecule has 1 aliphatic heterocycles. The highest BCUT2D eigenvalue weighted by Gasteiger charge is 2.41. The largest absolute Gasteiger partial charge is 0.486 e. The fourth-order valence-corrected chi connectivity index (χ4v) is 3.63. The zero-order valence-electron chi connectivity index (χ0n) is 16.7. The highest BCUT2D eigenvalue weighted by atomic mass is 32.2. The molecule has 10 heteroatoms. The molecule has 1 N–H and O–H groups in total. The average molecular weight is 445 g/mol. The van der Waals surface area contributed by atoms with Crippen LogP contribution in [0, 0.1) is 0 Å². The van der Waals surface area contributed by atoms with Crippen LogP contribution in [0.3, 0.4) is 0 Å². The summed E-state index contributed by atoms with van der Waals surface area (Å²) in [7, 11) is 0. The molecule has 3 rings (SSSR count). The van der Waals surface area contributed by atoms with Crippen molar-refractivity contribution in [2.24, 2.45) is 0 Å². The van der Waals surface area contributed by atoms with Crippen LogP contribution < -0.4 is 4.74 Å². The number of amides is 2. The Labute approximate surface area is 181 Å². The number of nitrogens with zero attached hydrogens (tertiary/aromatic N) is 1. The van der Waals surface area contributed by atoms with Crippen LogP contribution in [0.2, 0.25) is 0 Å². The summed E-state index contributed by atoms with van der Waals surface area (Å²) in [6, 6.07) is 8.59. The molecule has 31 heavy (non-hydrogen) atoms. The molecule has 1 aromatic carbocycles. The molecule has 2 amide bonds. The predicted octanol–water partition coefficient (Wildman–Crippen LogP) is 3.54. The third kappa shape index (κ3) is 5.15. The fraction of sp³-hybridized carbons (Fsp3) is 0.238. The minimum Gasteiger partial charge on any atom is -0.486 e. The summed E-state index contributed by atoms with van der Waals surface area (Å²) < 4.78 is 15.6. The molecule has 162 valence electrons. The Bertz CT molecular complexity index is 1040. The van der Waals surface area contributed by atoms with Crippen molar-refractivity contribution in [1.29, 1.82) is 0 Å². The number of imide groups is 1. The van der Waals surface area contributed by atoms with Gasteiger partial charge in [0.2, 0.25) is 5.76 Å². The summed E-state index contributed by atoms with van der Waals surface area (Å²) in [4.78, 5) is 48.6. The van der Waals surface area contributed by atoms with Gasteiger partial charge in [-0.3, -0.25) is 14.5 Å². The number of hydrogen-bond donors (Lipinski definition) is 1. The summed E-state index contributed by atoms with van der Waals surface area (Å²) in [6.07, 6.45) is 1.55. The smallest absolute Gasteiger partial charge is 0.371 e. The Balaban J connectivity index is 1.64. The van der Waals surface area contributed by atoms with Crippen molar-refractivity contribution in [1.82, 2.24) is 4.90 Å². The number of esters is 1. The number of carboxylic acid groups (broad SMARTS) is 1. The minimum absolute atomic E-state index is 0.0528. The number of carbonyl (C=O) groups excluding carboxylic acids is 3. The van der Waals surface area contributed by atoms with Gasteiger partial charge < -0.3 is 19.0 Å². The van der Waals surface area contributed by atoms with E-state index in [9.17, 15) is 19.2 Å². The molecule has 0 radical (unpaired) electrons. The second kappa shape index (κ2) is 9.52. The van der Waals surface area contributed by atoms with Crippen molar-refractivity contribution in [2.75, 3.05) is 6.61 Å². The Morgan fingerprint density at radius 2 is 1.90 bits per heavy atom. The molecule has 1 fully saturated rings. The minimum atomic E-state index is -1.16. The third-order valence-corrected chi connectivity index (χ3v) is 5.15. The molecule has 2 heterocycles. The van der Waals surface area contributed by atoms with Gasteiger partial charge in [-0.05, 0) is 61.5 Å². The van der Waals surface area contributed by atoms with Crippen LogP contribution in [-0.4, -0.2) is 45.7 Å². The van der Waals surface area contributed by atoms with Gasteiger partial charge >= 0.3 is 11.9 Å². The van der Waals surface area contributed by atoms with Crippen molar-refractivity contribution < 1.29 is 38.2 Å². The lowest BCUT2D eigenvalue weighted by molar-refractivity contribution is -0.150. The van der Waals surface area contributed by atoms with E-state index in [1.807, 2.05) is 0 Å². The molecule has 1 unspecified atom stereocenters. The SMILES string of the molecule is CCOC(=O)C(C)N1C(=O)SC(=Cc2ccc(OCc3ccc(C(=O)O)o3)cc2)C1=O. The molecule has 1 aliphatic rings. The van der Waals surface area contributed by atoms with E-state index in [0.29, 0.717) is 17.1 Å². The lowest BCUT2D eigenvalue weighted by atomic mass is 10.2. The van der Waals surface area contributed by atoms with Crippen molar-refractivity contribution in [3.05, 3.63) is 58.4 Å². The van der Waals surface area contributed by atoms with Gasteiger partial charge in [0.05, 0.1) is 11.5 Å². The van der Waals surface area contributed by atoms with Crippen LogP contribution >= 0.6 is 11.8 Å². The topological polar surface area (TPSA) is 123 Å². The first kappa shape index (κ1) is 22.2. The van der Waals surface area contributed by atoms with Crippen LogP contribution in [0.1, 0.15) is 35.7 Å². The first-order chi connectivity index (χ1) is 14.8. The number of thioether (sulfide) groups is 1. The Morgan fingerprint density at radius 3 is 2.52 bits per heavy atom. The van der Waals surface area contributed by atoms with Gasteiger partial charge in [-0.25, -0.2) is 9.59 Å². The molecule has 0 bridgehead atoms. The maximum absolute atomic E-state index is 12.6. The summed E-state index contributed by atoms with van der Waals surface area (Å²) in [5.74, 6) is -1.64. The van der Waals surface area contributed by atoms with E-state index in [2.05, 4.69) is 0 Å². The van der Waals surface area contributed by atoms with Gasteiger partial charge in [0.1, 0.15) is 24.2 Å². The highest BCUT2D eigenvalue weighted by Crippen LogP contribution is 2.34. The van der Waals surface area contributed by atoms with Crippen molar-refractivity contribution >= 4 is 40.9 Å². The Kier molecular flexibility index (Phi) is 6.81. The molecule has 0 saturated carbocycles. The van der Waals surface area contributed by atoms with E-state index in [1.54, 1.807) is 37.3 Å². The maximum Gasteiger partial charge on any atom is 0.371 e. The maximum atomic E-state index is 12.6. The zero-order valence-corrected chi connectivity index (χ0v) is 17.5. The fourth-order valence-electron chi connectivity index (χ4n) is 2.72. The predicted molar refractivity (Wildman–Crippen MR) is 110 cm³/mol. The standard InChI is InChI=1S/C21H19NO8S/c1-3-28-20(26)12(2)22-18(23)17(31-21(22)27)10-13-4-6-14(7-5-13)29-11-15-8-9-16(30-15)19(24)25/h4-10,12H,3,11H2,1-2H3,(H,24,25). The number of furan rings is 1. The van der Waals surface area contributed by atoms with Crippen molar-refractivity contribution in [3.63, 3.8) is 0 Å². The lowest BCUT2D eigenvalue weighted by Gasteiger charge is -2.19. The normalized spacial score (nSPS) is 15.9. The van der Waals surface area contributed by atoms with Crippen LogP contribution in [0.15, 0.2) is 45.7 Å². The van der Waals surface area contributed by atoms with Crippen LogP contribution in [-0.2, 0) is 20.9 Å². The van der Waals surface area contributed by atoms with E-state index < -0.39 is 29.1 Å². The number of aromatic carboxylic acids is 1. The van der Waals surface area contributed by atoms with Crippen molar-refractivity contribution in [2.45, 2.75) is 26.5 Å². The molecule has 9 nitrogen and oxygen atoms in total. The first-order valence-electron chi connectivity index (χ1n) is 9.28. The molecule has 0 spiro atoms. The first-order valence-corrected chi connectivity index (χ1v) is 10.1. The third-order valence-electron chi connectivity index (χ3n) is 4.27. The number of benzene rings is 1. The van der Waals surface area contributed by atoms with Gasteiger partial charge in [-0.15, -0.1) is 0 Å². The number of rotatable bonds is 8. The van der Waals surface area contributed by atoms with E-state index in [1.165, 1.54) is 19.1 Å². The summed E-state index contributed by atoms with van der Waals surface area (Å²) in [5.41, 5.74) is 0.660. The van der Waals surface area contributed by atoms with Crippen LogP contribution in [0.25, 0.3) is 6.08 Å². The number of carbonyl (C=O) groups is 4. The molecular weight excluding hydrogens is 426 g/mol. The van der Waals surface area contributed by atoms with Gasteiger partial charge in [-0.1, -0.05) is 12.1 Å². The second-order valence-electron chi connectivity index (χ2n) is 6.41. The van der Waals surface area contributed by atoms with Gasteiger partial charge in [-0.2, -0.15) is 0 Å². The van der Waals surface area contributed by atoms with E-state index in [0.717, 1.165) is 16.7 Å². The van der Waals surface area contributed by atoms with E-state index in [4.69, 9.17) is 19.0 Å². The van der Waals surface area contributed by atoms with Gasteiger partial charge in [0.25, 0.3) is 11.1 Å². The molecule has 1 aromatic heterocycles. The summed E-state index contributed by atoms with van der Waals surface area (Å²) in [5, 5.41) is 8.32. The van der Waals surface area contributed by atoms with Crippen LogP contribution in [0.5, 0.6) is 5.75 Å².